The van der Waals surface area contributed by atoms with Crippen LogP contribution in [0.1, 0.15) is 11.4 Å². The molecule has 0 N–H and O–H groups in total. The number of ether oxygens (including phenoxy) is 2. The second kappa shape index (κ2) is 8.02. The van der Waals surface area contributed by atoms with Crippen LogP contribution < -0.4 is 15.0 Å². The Morgan fingerprint density at radius 3 is 2.31 bits per heavy atom. The minimum Gasteiger partial charge on any atom is -0.493 e. The standard InChI is InChI=1S/C24H20N2O3/c1-28-21-14-13-18(16-22(21)29-2)26-23(15-12-17-8-4-3-5-9-17)25-20-11-7-6-10-19(20)24(26)27/h3-16H,1-2H3. The maximum atomic E-state index is 13.3. The highest BCUT2D eigenvalue weighted by atomic mass is 16.5. The molecule has 0 aliphatic heterocycles. The quantitative estimate of drug-likeness (QED) is 0.506. The van der Waals surface area contributed by atoms with Crippen molar-refractivity contribution in [1.29, 1.82) is 0 Å². The van der Waals surface area contributed by atoms with E-state index in [9.17, 15) is 4.79 Å². The van der Waals surface area contributed by atoms with Gasteiger partial charge >= 0.3 is 0 Å². The summed E-state index contributed by atoms with van der Waals surface area (Å²) in [6.07, 6.45) is 3.79. The van der Waals surface area contributed by atoms with Gasteiger partial charge in [0, 0.05) is 6.07 Å². The Kier molecular flexibility index (Phi) is 5.12. The number of aromatic nitrogens is 2. The first-order chi connectivity index (χ1) is 14.2. The van der Waals surface area contributed by atoms with Gasteiger partial charge in [0.2, 0.25) is 0 Å². The van der Waals surface area contributed by atoms with E-state index >= 15 is 0 Å². The Labute approximate surface area is 168 Å². The molecule has 5 nitrogen and oxygen atoms in total. The Morgan fingerprint density at radius 2 is 1.55 bits per heavy atom. The highest BCUT2D eigenvalue weighted by Gasteiger charge is 2.13. The minimum atomic E-state index is -0.143. The highest BCUT2D eigenvalue weighted by molar-refractivity contribution is 5.80. The molecule has 144 valence electrons. The monoisotopic (exact) mass is 384 g/mol. The number of nitrogens with zero attached hydrogens (tertiary/aromatic N) is 2. The molecule has 0 spiro atoms. The van der Waals surface area contributed by atoms with Gasteiger partial charge in [0.25, 0.3) is 5.56 Å². The number of hydrogen-bond donors (Lipinski definition) is 0. The molecule has 0 saturated carbocycles. The Balaban J connectivity index is 1.95. The second-order valence-electron chi connectivity index (χ2n) is 6.41. The molecule has 0 amide bonds. The Morgan fingerprint density at radius 1 is 0.828 bits per heavy atom. The lowest BCUT2D eigenvalue weighted by molar-refractivity contribution is 0.355. The Hall–Kier alpha value is -3.86. The molecule has 4 aromatic rings. The van der Waals surface area contributed by atoms with Gasteiger partial charge < -0.3 is 9.47 Å². The molecule has 0 aliphatic rings. The van der Waals surface area contributed by atoms with E-state index in [1.165, 1.54) is 0 Å². The zero-order valence-electron chi connectivity index (χ0n) is 16.2. The lowest BCUT2D eigenvalue weighted by atomic mass is 10.2. The van der Waals surface area contributed by atoms with Gasteiger partial charge in [0.05, 0.1) is 30.8 Å². The fourth-order valence-corrected chi connectivity index (χ4v) is 3.21. The van der Waals surface area contributed by atoms with Crippen LogP contribution in [0.5, 0.6) is 11.5 Å². The summed E-state index contributed by atoms with van der Waals surface area (Å²) in [4.78, 5) is 18.1. The number of hydrogen-bond acceptors (Lipinski definition) is 4. The smallest absolute Gasteiger partial charge is 0.266 e. The molecule has 0 saturated heterocycles. The van der Waals surface area contributed by atoms with Crippen LogP contribution in [0.2, 0.25) is 0 Å². The van der Waals surface area contributed by atoms with E-state index in [-0.39, 0.29) is 5.56 Å². The molecule has 0 unspecified atom stereocenters. The van der Waals surface area contributed by atoms with Crippen molar-refractivity contribution in [2.45, 2.75) is 0 Å². The van der Waals surface area contributed by atoms with Crippen LogP contribution in [-0.2, 0) is 0 Å². The summed E-state index contributed by atoms with van der Waals surface area (Å²) in [5, 5.41) is 0.555. The Bertz CT molecular complexity index is 1240. The van der Waals surface area contributed by atoms with Crippen molar-refractivity contribution < 1.29 is 9.47 Å². The lowest BCUT2D eigenvalue weighted by Gasteiger charge is -2.14. The largest absolute Gasteiger partial charge is 0.493 e. The molecule has 5 heteroatoms. The van der Waals surface area contributed by atoms with Crippen molar-refractivity contribution in [2.75, 3.05) is 14.2 Å². The van der Waals surface area contributed by atoms with E-state index in [0.717, 1.165) is 5.56 Å². The van der Waals surface area contributed by atoms with Gasteiger partial charge in [0.15, 0.2) is 11.5 Å². The van der Waals surface area contributed by atoms with Crippen LogP contribution in [0.3, 0.4) is 0 Å². The average molecular weight is 384 g/mol. The molecular weight excluding hydrogens is 364 g/mol. The van der Waals surface area contributed by atoms with Crippen molar-refractivity contribution in [1.82, 2.24) is 9.55 Å². The minimum absolute atomic E-state index is 0.143. The van der Waals surface area contributed by atoms with E-state index in [0.29, 0.717) is 33.9 Å². The van der Waals surface area contributed by atoms with Gasteiger partial charge in [-0.3, -0.25) is 9.36 Å². The fourth-order valence-electron chi connectivity index (χ4n) is 3.21. The third kappa shape index (κ3) is 3.62. The molecule has 0 atom stereocenters. The molecule has 0 aliphatic carbocycles. The van der Waals surface area contributed by atoms with E-state index in [4.69, 9.17) is 14.5 Å². The predicted molar refractivity (Wildman–Crippen MR) is 116 cm³/mol. The van der Waals surface area contributed by atoms with Crippen LogP contribution in [0, 0.1) is 0 Å². The summed E-state index contributed by atoms with van der Waals surface area (Å²) in [5.74, 6) is 1.67. The first-order valence-electron chi connectivity index (χ1n) is 9.18. The van der Waals surface area contributed by atoms with Gasteiger partial charge in [-0.05, 0) is 35.9 Å². The van der Waals surface area contributed by atoms with Crippen LogP contribution in [0.4, 0.5) is 0 Å². The molecule has 0 fully saturated rings. The topological polar surface area (TPSA) is 53.4 Å². The summed E-state index contributed by atoms with van der Waals surface area (Å²) >= 11 is 0. The molecule has 3 aromatic carbocycles. The van der Waals surface area contributed by atoms with Gasteiger partial charge in [-0.15, -0.1) is 0 Å². The lowest BCUT2D eigenvalue weighted by Crippen LogP contribution is -2.22. The highest BCUT2D eigenvalue weighted by Crippen LogP contribution is 2.29. The summed E-state index contributed by atoms with van der Waals surface area (Å²) in [6, 6.07) is 22.6. The number of rotatable bonds is 5. The molecule has 0 bridgehead atoms. The van der Waals surface area contributed by atoms with Crippen molar-refractivity contribution in [3.05, 3.63) is 94.5 Å². The van der Waals surface area contributed by atoms with Crippen LogP contribution >= 0.6 is 0 Å². The van der Waals surface area contributed by atoms with Crippen molar-refractivity contribution in [3.63, 3.8) is 0 Å². The first kappa shape index (κ1) is 18.5. The summed E-state index contributed by atoms with van der Waals surface area (Å²) < 4.78 is 12.3. The SMILES string of the molecule is COc1ccc(-n2c(C=Cc3ccccc3)nc3ccccc3c2=O)cc1OC. The molecular formula is C24H20N2O3. The molecule has 4 rings (SSSR count). The first-order valence-corrected chi connectivity index (χ1v) is 9.18. The van der Waals surface area contributed by atoms with Crippen LogP contribution in [0.25, 0.3) is 28.7 Å². The van der Waals surface area contributed by atoms with E-state index in [2.05, 4.69) is 0 Å². The second-order valence-corrected chi connectivity index (χ2v) is 6.41. The van der Waals surface area contributed by atoms with Crippen molar-refractivity contribution in [3.8, 4) is 17.2 Å². The van der Waals surface area contributed by atoms with Crippen LogP contribution in [0.15, 0.2) is 77.6 Å². The van der Waals surface area contributed by atoms with E-state index in [1.807, 2.05) is 66.7 Å². The number of methoxy groups -OCH3 is 2. The number of para-hydroxylation sites is 1. The number of benzene rings is 3. The summed E-state index contributed by atoms with van der Waals surface area (Å²) in [6.45, 7) is 0. The van der Waals surface area contributed by atoms with E-state index in [1.54, 1.807) is 37.0 Å². The fraction of sp³-hybridized carbons (Fsp3) is 0.0833. The molecule has 1 aromatic heterocycles. The van der Waals surface area contributed by atoms with Crippen LogP contribution in [-0.4, -0.2) is 23.8 Å². The van der Waals surface area contributed by atoms with E-state index < -0.39 is 0 Å². The third-order valence-electron chi connectivity index (χ3n) is 4.65. The zero-order chi connectivity index (χ0) is 20.2. The maximum absolute atomic E-state index is 13.3. The zero-order valence-corrected chi connectivity index (χ0v) is 16.2. The third-order valence-corrected chi connectivity index (χ3v) is 4.65. The summed E-state index contributed by atoms with van der Waals surface area (Å²) in [7, 11) is 3.15. The van der Waals surface area contributed by atoms with Crippen molar-refractivity contribution in [2.24, 2.45) is 0 Å². The van der Waals surface area contributed by atoms with Gasteiger partial charge in [0.1, 0.15) is 5.82 Å². The molecule has 0 radical (unpaired) electrons. The molecule has 1 heterocycles. The maximum Gasteiger partial charge on any atom is 0.266 e. The van der Waals surface area contributed by atoms with Crippen molar-refractivity contribution >= 4 is 23.1 Å². The summed E-state index contributed by atoms with van der Waals surface area (Å²) in [5.41, 5.74) is 2.19. The van der Waals surface area contributed by atoms with Gasteiger partial charge in [-0.25, -0.2) is 4.98 Å². The van der Waals surface area contributed by atoms with Gasteiger partial charge in [-0.2, -0.15) is 0 Å². The predicted octanol–water partition coefficient (Wildman–Crippen LogP) is 4.57. The molecule has 29 heavy (non-hydrogen) atoms. The number of fused-ring (bicyclic) bond motifs is 1. The normalized spacial score (nSPS) is 11.1. The average Bonchev–Trinajstić information content (AvgIpc) is 2.78. The van der Waals surface area contributed by atoms with Gasteiger partial charge in [-0.1, -0.05) is 48.5 Å².